The molecule has 0 spiro atoms. The molecule has 0 bridgehead atoms. The lowest BCUT2D eigenvalue weighted by Crippen LogP contribution is -2.27. The average molecular weight is 433 g/mol. The van der Waals surface area contributed by atoms with Crippen molar-refractivity contribution in [2.75, 3.05) is 13.2 Å². The zero-order chi connectivity index (χ0) is 21.5. The fraction of sp³-hybridized carbons (Fsp3) is 0.286. The fourth-order valence-corrected chi connectivity index (χ4v) is 2.49. The second kappa shape index (κ2) is 9.98. The normalized spacial score (nSPS) is 11.6. The maximum atomic E-state index is 12.0. The SMILES string of the molecule is CC(C)=NOCCOC(=O)C(C)Oc1ccc(Oc2nc3ccc(Cl)cc3o2)cc1. The lowest BCUT2D eigenvalue weighted by atomic mass is 10.3. The Bertz CT molecular complexity index is 1030. The van der Waals surface area contributed by atoms with E-state index >= 15 is 0 Å². The molecule has 30 heavy (non-hydrogen) atoms. The van der Waals surface area contributed by atoms with Gasteiger partial charge in [0.1, 0.15) is 23.6 Å². The number of oxazole rings is 1. The maximum absolute atomic E-state index is 12.0. The van der Waals surface area contributed by atoms with Crippen LogP contribution in [0.1, 0.15) is 20.8 Å². The van der Waals surface area contributed by atoms with Crippen molar-refractivity contribution >= 4 is 34.4 Å². The molecule has 0 N–H and O–H groups in total. The quantitative estimate of drug-likeness (QED) is 0.203. The molecule has 2 aromatic carbocycles. The first-order valence-electron chi connectivity index (χ1n) is 9.21. The van der Waals surface area contributed by atoms with E-state index in [1.165, 1.54) is 0 Å². The van der Waals surface area contributed by atoms with Gasteiger partial charge in [0.25, 0.3) is 0 Å². The number of oxime groups is 1. The predicted molar refractivity (Wildman–Crippen MR) is 111 cm³/mol. The van der Waals surface area contributed by atoms with Crippen LogP contribution in [-0.2, 0) is 14.4 Å². The number of nitrogens with zero attached hydrogens (tertiary/aromatic N) is 2. The summed E-state index contributed by atoms with van der Waals surface area (Å²) in [4.78, 5) is 21.2. The van der Waals surface area contributed by atoms with Gasteiger partial charge < -0.3 is 23.5 Å². The third-order valence-electron chi connectivity index (χ3n) is 3.67. The van der Waals surface area contributed by atoms with Crippen molar-refractivity contribution in [2.24, 2.45) is 5.16 Å². The van der Waals surface area contributed by atoms with Gasteiger partial charge in [-0.3, -0.25) is 0 Å². The highest BCUT2D eigenvalue weighted by Crippen LogP contribution is 2.28. The van der Waals surface area contributed by atoms with E-state index < -0.39 is 12.1 Å². The van der Waals surface area contributed by atoms with E-state index in [9.17, 15) is 4.79 Å². The summed E-state index contributed by atoms with van der Waals surface area (Å²) in [5.41, 5.74) is 1.96. The minimum atomic E-state index is -0.782. The van der Waals surface area contributed by atoms with Crippen LogP contribution in [0.25, 0.3) is 11.1 Å². The van der Waals surface area contributed by atoms with Gasteiger partial charge in [-0.2, -0.15) is 4.98 Å². The smallest absolute Gasteiger partial charge is 0.400 e. The third kappa shape index (κ3) is 6.12. The Hall–Kier alpha value is -3.26. The molecule has 3 aromatic rings. The van der Waals surface area contributed by atoms with Crippen LogP contribution >= 0.6 is 11.6 Å². The molecule has 3 rings (SSSR count). The highest BCUT2D eigenvalue weighted by Gasteiger charge is 2.16. The Labute approximate surface area is 178 Å². The van der Waals surface area contributed by atoms with Gasteiger partial charge in [-0.1, -0.05) is 16.8 Å². The molecule has 0 radical (unpaired) electrons. The van der Waals surface area contributed by atoms with Crippen molar-refractivity contribution in [3.63, 3.8) is 0 Å². The van der Waals surface area contributed by atoms with E-state index in [4.69, 9.17) is 35.1 Å². The van der Waals surface area contributed by atoms with Crippen molar-refractivity contribution < 1.29 is 28.3 Å². The number of rotatable bonds is 9. The molecule has 0 aliphatic carbocycles. The van der Waals surface area contributed by atoms with Gasteiger partial charge in [-0.05, 0) is 57.2 Å². The van der Waals surface area contributed by atoms with Crippen LogP contribution in [0, 0.1) is 0 Å². The van der Waals surface area contributed by atoms with Gasteiger partial charge >= 0.3 is 12.0 Å². The number of hydrogen-bond donors (Lipinski definition) is 0. The molecule has 9 heteroatoms. The topological polar surface area (TPSA) is 92.4 Å². The minimum absolute atomic E-state index is 0.0891. The van der Waals surface area contributed by atoms with Gasteiger partial charge in [0.2, 0.25) is 0 Å². The summed E-state index contributed by atoms with van der Waals surface area (Å²) in [5.74, 6) is 0.485. The van der Waals surface area contributed by atoms with E-state index in [0.717, 1.165) is 5.71 Å². The molecule has 158 valence electrons. The predicted octanol–water partition coefficient (Wildman–Crippen LogP) is 5.00. The summed E-state index contributed by atoms with van der Waals surface area (Å²) in [5, 5.41) is 4.31. The highest BCUT2D eigenvalue weighted by atomic mass is 35.5. The molecule has 0 fully saturated rings. The Morgan fingerprint density at radius 2 is 1.87 bits per heavy atom. The second-order valence-corrected chi connectivity index (χ2v) is 6.90. The van der Waals surface area contributed by atoms with Crippen LogP contribution in [0.2, 0.25) is 5.02 Å². The summed E-state index contributed by atoms with van der Waals surface area (Å²) >= 11 is 5.94. The summed E-state index contributed by atoms with van der Waals surface area (Å²) in [6.07, 6.45) is -0.683. The highest BCUT2D eigenvalue weighted by molar-refractivity contribution is 6.31. The number of carbonyl (C=O) groups excluding carboxylic acids is 1. The molecule has 1 heterocycles. The van der Waals surface area contributed by atoms with E-state index in [2.05, 4.69) is 10.1 Å². The van der Waals surface area contributed by atoms with Gasteiger partial charge in [-0.25, -0.2) is 4.79 Å². The largest absolute Gasteiger partial charge is 0.479 e. The van der Waals surface area contributed by atoms with Crippen molar-refractivity contribution in [1.82, 2.24) is 4.98 Å². The maximum Gasteiger partial charge on any atom is 0.400 e. The minimum Gasteiger partial charge on any atom is -0.479 e. The van der Waals surface area contributed by atoms with Crippen molar-refractivity contribution in [3.05, 3.63) is 47.5 Å². The first-order chi connectivity index (χ1) is 14.4. The van der Waals surface area contributed by atoms with Crippen LogP contribution in [-0.4, -0.2) is 36.0 Å². The van der Waals surface area contributed by atoms with Crippen molar-refractivity contribution in [3.8, 4) is 17.6 Å². The Morgan fingerprint density at radius 1 is 1.13 bits per heavy atom. The molecule has 1 aromatic heterocycles. The molecule has 8 nitrogen and oxygen atoms in total. The van der Waals surface area contributed by atoms with Crippen molar-refractivity contribution in [2.45, 2.75) is 26.9 Å². The van der Waals surface area contributed by atoms with Gasteiger partial charge in [0.05, 0.1) is 5.71 Å². The molecule has 1 unspecified atom stereocenters. The monoisotopic (exact) mass is 432 g/mol. The Balaban J connectivity index is 1.49. The zero-order valence-corrected chi connectivity index (χ0v) is 17.5. The number of hydrogen-bond acceptors (Lipinski definition) is 8. The first-order valence-corrected chi connectivity index (χ1v) is 9.59. The summed E-state index contributed by atoms with van der Waals surface area (Å²) in [7, 11) is 0. The number of fused-ring (bicyclic) bond motifs is 1. The van der Waals surface area contributed by atoms with E-state index in [0.29, 0.717) is 27.6 Å². The van der Waals surface area contributed by atoms with Crippen molar-refractivity contribution in [1.29, 1.82) is 0 Å². The van der Waals surface area contributed by atoms with Crippen LogP contribution < -0.4 is 9.47 Å². The zero-order valence-electron chi connectivity index (χ0n) is 16.8. The number of ether oxygens (including phenoxy) is 3. The molecule has 0 aliphatic rings. The Morgan fingerprint density at radius 3 is 2.60 bits per heavy atom. The summed E-state index contributed by atoms with van der Waals surface area (Å²) < 4.78 is 21.8. The lowest BCUT2D eigenvalue weighted by Gasteiger charge is -2.14. The number of benzene rings is 2. The molecular formula is C21H21ClN2O6. The summed E-state index contributed by atoms with van der Waals surface area (Å²) in [6, 6.07) is 11.8. The van der Waals surface area contributed by atoms with Gasteiger partial charge in [0, 0.05) is 11.1 Å². The van der Waals surface area contributed by atoms with Crippen LogP contribution in [0.3, 0.4) is 0 Å². The van der Waals surface area contributed by atoms with E-state index in [-0.39, 0.29) is 19.3 Å². The molecule has 0 amide bonds. The molecule has 1 atom stereocenters. The number of aromatic nitrogens is 1. The molecule has 0 saturated heterocycles. The summed E-state index contributed by atoms with van der Waals surface area (Å²) in [6.45, 7) is 5.48. The van der Waals surface area contributed by atoms with E-state index in [1.807, 2.05) is 13.8 Å². The van der Waals surface area contributed by atoms with Crippen LogP contribution in [0.5, 0.6) is 17.6 Å². The number of esters is 1. The molecule has 0 saturated carbocycles. The van der Waals surface area contributed by atoms with Gasteiger partial charge in [-0.15, -0.1) is 0 Å². The average Bonchev–Trinajstić information content (AvgIpc) is 3.10. The fourth-order valence-electron chi connectivity index (χ4n) is 2.33. The molecule has 0 aliphatic heterocycles. The third-order valence-corrected chi connectivity index (χ3v) is 3.91. The number of halogens is 1. The standard InChI is InChI=1S/C21H21ClN2O6/c1-13(2)24-27-11-10-26-20(25)14(3)28-16-5-7-17(8-6-16)29-21-23-18-9-4-15(22)12-19(18)30-21/h4-9,12,14H,10-11H2,1-3H3. The van der Waals surface area contributed by atoms with Crippen LogP contribution in [0.15, 0.2) is 52.0 Å². The second-order valence-electron chi connectivity index (χ2n) is 6.46. The lowest BCUT2D eigenvalue weighted by molar-refractivity contribution is -0.152. The molecular weight excluding hydrogens is 412 g/mol. The number of carbonyl (C=O) groups is 1. The van der Waals surface area contributed by atoms with E-state index in [1.54, 1.807) is 49.4 Å². The first kappa shape index (κ1) is 21.4. The van der Waals surface area contributed by atoms with Gasteiger partial charge in [0.15, 0.2) is 18.3 Å². The van der Waals surface area contributed by atoms with Crippen LogP contribution in [0.4, 0.5) is 0 Å². The Kier molecular flexibility index (Phi) is 7.13.